The van der Waals surface area contributed by atoms with Gasteiger partial charge in [0.25, 0.3) is 11.8 Å². The van der Waals surface area contributed by atoms with Crippen LogP contribution in [0, 0.1) is 5.95 Å². The Morgan fingerprint density at radius 2 is 1.77 bits per heavy atom. The Bertz CT molecular complexity index is 1680. The van der Waals surface area contributed by atoms with Crippen molar-refractivity contribution < 1.29 is 18.7 Å². The Kier molecular flexibility index (Phi) is 7.97. The van der Waals surface area contributed by atoms with E-state index in [0.717, 1.165) is 11.1 Å². The summed E-state index contributed by atoms with van der Waals surface area (Å²) in [5.74, 6) is -1.46. The lowest BCUT2D eigenvalue weighted by Crippen LogP contribution is -2.42. The molecule has 0 aliphatic carbocycles. The second kappa shape index (κ2) is 12.1. The van der Waals surface area contributed by atoms with E-state index in [1.165, 1.54) is 6.20 Å². The number of hydrogen-bond donors (Lipinski definition) is 3. The monoisotopic (exact) mass is 581 g/mol. The summed E-state index contributed by atoms with van der Waals surface area (Å²) in [6.07, 6.45) is 1.47. The van der Waals surface area contributed by atoms with E-state index in [-0.39, 0.29) is 28.9 Å². The lowest BCUT2D eigenvalue weighted by atomic mass is 10.0. The zero-order valence-corrected chi connectivity index (χ0v) is 23.9. The minimum Gasteiger partial charge on any atom is -0.381 e. The molecular formula is C32H32FN7O3. The molecule has 2 aromatic carbocycles. The molecule has 0 unspecified atom stereocenters. The number of benzene rings is 2. The molecule has 2 aliphatic heterocycles. The van der Waals surface area contributed by atoms with Crippen LogP contribution in [-0.4, -0.2) is 57.7 Å². The van der Waals surface area contributed by atoms with Gasteiger partial charge in [0.15, 0.2) is 0 Å². The van der Waals surface area contributed by atoms with Gasteiger partial charge in [-0.25, -0.2) is 9.98 Å². The first-order valence-electron chi connectivity index (χ1n) is 14.3. The number of anilines is 2. The Morgan fingerprint density at radius 1 is 1.02 bits per heavy atom. The van der Waals surface area contributed by atoms with E-state index in [1.54, 1.807) is 22.9 Å². The summed E-state index contributed by atoms with van der Waals surface area (Å²) in [7, 11) is 0. The van der Waals surface area contributed by atoms with Crippen LogP contribution < -0.4 is 16.0 Å². The van der Waals surface area contributed by atoms with Crippen LogP contribution in [0.15, 0.2) is 77.9 Å². The summed E-state index contributed by atoms with van der Waals surface area (Å²) in [6.45, 7) is 4.93. The molecule has 10 nitrogen and oxygen atoms in total. The number of aliphatic imine (C=N–C) groups is 1. The standard InChI is InChI=1S/C32H32FN7O3/c1-19(2)35-26-13-12-23(29(33)37-26)28-24(18-34-40(28)21-14-16-43-17-15-21)31(41)39-30-32(42)36-25-11-7-6-10-22(25)27(38-30)20-8-4-3-5-9-20/h3-13,18-19,21,30H,14-17H2,1-2H3,(H,35,37)(H,36,42)(H,39,41)/t30-/m1/s1. The minimum absolute atomic E-state index is 0.0602. The molecule has 4 heterocycles. The molecule has 43 heavy (non-hydrogen) atoms. The fourth-order valence-corrected chi connectivity index (χ4v) is 5.37. The number of amides is 2. The summed E-state index contributed by atoms with van der Waals surface area (Å²) in [6, 6.07) is 20.0. The number of halogens is 1. The Balaban J connectivity index is 1.39. The van der Waals surface area contributed by atoms with Gasteiger partial charge in [0.2, 0.25) is 12.1 Å². The van der Waals surface area contributed by atoms with E-state index in [2.05, 4.69) is 26.0 Å². The van der Waals surface area contributed by atoms with Gasteiger partial charge in [-0.3, -0.25) is 14.3 Å². The fourth-order valence-electron chi connectivity index (χ4n) is 5.37. The van der Waals surface area contributed by atoms with Crippen LogP contribution in [0.25, 0.3) is 11.3 Å². The summed E-state index contributed by atoms with van der Waals surface area (Å²) in [5, 5.41) is 13.3. The molecule has 1 saturated heterocycles. The smallest absolute Gasteiger partial charge is 0.269 e. The molecule has 4 aromatic rings. The predicted octanol–water partition coefficient (Wildman–Crippen LogP) is 4.80. The first-order chi connectivity index (χ1) is 20.9. The summed E-state index contributed by atoms with van der Waals surface area (Å²) < 4.78 is 22.8. The van der Waals surface area contributed by atoms with Gasteiger partial charge in [0.1, 0.15) is 5.82 Å². The second-order valence-corrected chi connectivity index (χ2v) is 10.8. The Hall–Kier alpha value is -4.90. The molecule has 0 saturated carbocycles. The molecular weight excluding hydrogens is 549 g/mol. The van der Waals surface area contributed by atoms with Gasteiger partial charge in [-0.1, -0.05) is 48.5 Å². The molecule has 2 aliphatic rings. The molecule has 11 heteroatoms. The van der Waals surface area contributed by atoms with Crippen molar-refractivity contribution in [1.29, 1.82) is 0 Å². The number of aromatic nitrogens is 3. The van der Waals surface area contributed by atoms with Gasteiger partial charge in [-0.2, -0.15) is 9.49 Å². The molecule has 2 amide bonds. The summed E-state index contributed by atoms with van der Waals surface area (Å²) in [4.78, 5) is 36.1. The van der Waals surface area contributed by atoms with Crippen molar-refractivity contribution in [1.82, 2.24) is 20.1 Å². The van der Waals surface area contributed by atoms with Crippen LogP contribution in [0.4, 0.5) is 15.9 Å². The second-order valence-electron chi connectivity index (χ2n) is 10.8. The van der Waals surface area contributed by atoms with Crippen LogP contribution in [0.1, 0.15) is 54.2 Å². The average molecular weight is 582 g/mol. The quantitative estimate of drug-likeness (QED) is 0.270. The van der Waals surface area contributed by atoms with Gasteiger partial charge < -0.3 is 20.7 Å². The molecule has 2 aromatic heterocycles. The van der Waals surface area contributed by atoms with Crippen molar-refractivity contribution in [2.75, 3.05) is 23.8 Å². The van der Waals surface area contributed by atoms with Crippen LogP contribution >= 0.6 is 0 Å². The highest BCUT2D eigenvalue weighted by Gasteiger charge is 2.31. The Labute approximate surface area is 248 Å². The van der Waals surface area contributed by atoms with Crippen LogP contribution in [0.2, 0.25) is 0 Å². The van der Waals surface area contributed by atoms with Crippen LogP contribution in [0.5, 0.6) is 0 Å². The van der Waals surface area contributed by atoms with Gasteiger partial charge in [0.05, 0.1) is 40.5 Å². The van der Waals surface area contributed by atoms with E-state index in [4.69, 9.17) is 9.73 Å². The number of nitrogens with one attached hydrogen (secondary N) is 3. The average Bonchev–Trinajstić information content (AvgIpc) is 3.39. The number of rotatable bonds is 7. The number of benzodiazepines with no additional fused rings is 1. The first kappa shape index (κ1) is 28.2. The maximum Gasteiger partial charge on any atom is 0.269 e. The number of ether oxygens (including phenoxy) is 1. The molecule has 3 N–H and O–H groups in total. The number of nitrogens with zero attached hydrogens (tertiary/aromatic N) is 4. The normalized spacial score (nSPS) is 17.1. The van der Waals surface area contributed by atoms with E-state index in [1.807, 2.05) is 62.4 Å². The largest absolute Gasteiger partial charge is 0.381 e. The highest BCUT2D eigenvalue weighted by atomic mass is 19.1. The third-order valence-electron chi connectivity index (χ3n) is 7.38. The maximum absolute atomic E-state index is 15.6. The molecule has 1 atom stereocenters. The minimum atomic E-state index is -1.25. The predicted molar refractivity (Wildman–Crippen MR) is 162 cm³/mol. The van der Waals surface area contributed by atoms with Crippen molar-refractivity contribution >= 4 is 29.0 Å². The highest BCUT2D eigenvalue weighted by molar-refractivity contribution is 6.20. The van der Waals surface area contributed by atoms with Crippen molar-refractivity contribution in [2.45, 2.75) is 44.9 Å². The summed E-state index contributed by atoms with van der Waals surface area (Å²) >= 11 is 0. The van der Waals surface area contributed by atoms with Crippen molar-refractivity contribution in [3.05, 3.63) is 95.6 Å². The number of carbonyl (C=O) groups excluding carboxylic acids is 2. The number of fused-ring (bicyclic) bond motifs is 1. The first-order valence-corrected chi connectivity index (χ1v) is 14.3. The van der Waals surface area contributed by atoms with Gasteiger partial charge in [0, 0.05) is 30.4 Å². The number of carbonyl (C=O) groups is 2. The highest BCUT2D eigenvalue weighted by Crippen LogP contribution is 2.33. The van der Waals surface area contributed by atoms with Crippen LogP contribution in [0.3, 0.4) is 0 Å². The van der Waals surface area contributed by atoms with Gasteiger partial charge in [-0.15, -0.1) is 0 Å². The SMILES string of the molecule is CC(C)Nc1ccc(-c2c(C(=O)N[C@H]3N=C(c4ccccc4)c4ccccc4NC3=O)cnn2C2CCOCC2)c(F)n1. The zero-order valence-electron chi connectivity index (χ0n) is 23.9. The lowest BCUT2D eigenvalue weighted by Gasteiger charge is -2.25. The fraction of sp³-hybridized carbons (Fsp3) is 0.281. The van der Waals surface area contributed by atoms with Gasteiger partial charge in [-0.05, 0) is 44.9 Å². The molecule has 0 radical (unpaired) electrons. The Morgan fingerprint density at radius 3 is 2.51 bits per heavy atom. The van der Waals surface area contributed by atoms with Crippen molar-refractivity contribution in [2.24, 2.45) is 4.99 Å². The number of para-hydroxylation sites is 1. The number of pyridine rings is 1. The van der Waals surface area contributed by atoms with Crippen molar-refractivity contribution in [3.63, 3.8) is 0 Å². The van der Waals surface area contributed by atoms with E-state index < -0.39 is 23.9 Å². The topological polar surface area (TPSA) is 123 Å². The molecule has 0 spiro atoms. The molecule has 1 fully saturated rings. The molecule has 0 bridgehead atoms. The molecule has 6 rings (SSSR count). The third-order valence-corrected chi connectivity index (χ3v) is 7.38. The molecule has 220 valence electrons. The third kappa shape index (κ3) is 5.89. The van der Waals surface area contributed by atoms with E-state index in [9.17, 15) is 9.59 Å². The number of hydrogen-bond acceptors (Lipinski definition) is 7. The maximum atomic E-state index is 15.6. The van der Waals surface area contributed by atoms with E-state index >= 15 is 4.39 Å². The lowest BCUT2D eigenvalue weighted by molar-refractivity contribution is -0.117. The van der Waals surface area contributed by atoms with E-state index in [0.29, 0.717) is 43.3 Å². The zero-order chi connectivity index (χ0) is 29.9. The summed E-state index contributed by atoms with van der Waals surface area (Å²) in [5.41, 5.74) is 3.20. The van der Waals surface area contributed by atoms with Crippen molar-refractivity contribution in [3.8, 4) is 11.3 Å². The van der Waals surface area contributed by atoms with Gasteiger partial charge >= 0.3 is 0 Å². The van der Waals surface area contributed by atoms with Crippen LogP contribution in [-0.2, 0) is 9.53 Å².